The third-order valence-electron chi connectivity index (χ3n) is 1.26. The second-order valence-electron chi connectivity index (χ2n) is 2.33. The van der Waals surface area contributed by atoms with E-state index in [1.807, 2.05) is 0 Å². The molecule has 0 saturated carbocycles. The lowest BCUT2D eigenvalue weighted by Gasteiger charge is -1.97. The summed E-state index contributed by atoms with van der Waals surface area (Å²) in [4.78, 5) is 23.9. The first-order chi connectivity index (χ1) is 5.63. The molecule has 0 unspecified atom stereocenters. The van der Waals surface area contributed by atoms with Crippen molar-refractivity contribution in [3.8, 4) is 0 Å². The number of unbranched alkanes of at least 4 members (excludes halogenated alkanes) is 2. The summed E-state index contributed by atoms with van der Waals surface area (Å²) < 4.78 is 0. The Balaban J connectivity index is 3.01. The van der Waals surface area contributed by atoms with E-state index < -0.39 is 5.09 Å². The van der Waals surface area contributed by atoms with Crippen LogP contribution in [0.1, 0.15) is 25.7 Å². The predicted octanol–water partition coefficient (Wildman–Crippen LogP) is 0.240. The first-order valence-corrected chi connectivity index (χ1v) is 3.68. The van der Waals surface area contributed by atoms with E-state index in [4.69, 9.17) is 5.73 Å². The van der Waals surface area contributed by atoms with Crippen molar-refractivity contribution in [3.63, 3.8) is 0 Å². The van der Waals surface area contributed by atoms with Crippen molar-refractivity contribution in [3.05, 3.63) is 10.1 Å². The molecule has 1 amide bonds. The molecule has 0 heterocycles. The number of primary amides is 1. The lowest BCUT2D eigenvalue weighted by molar-refractivity contribution is -0.757. The van der Waals surface area contributed by atoms with Crippen LogP contribution in [0.2, 0.25) is 0 Å². The summed E-state index contributed by atoms with van der Waals surface area (Å²) in [5.74, 6) is -0.342. The normalized spacial score (nSPS) is 9.33. The first kappa shape index (κ1) is 10.7. The molecule has 0 radical (unpaired) electrons. The van der Waals surface area contributed by atoms with Gasteiger partial charge in [-0.25, -0.2) is 0 Å². The third kappa shape index (κ3) is 8.67. The quantitative estimate of drug-likeness (QED) is 0.341. The maximum atomic E-state index is 10.2. The van der Waals surface area contributed by atoms with E-state index in [-0.39, 0.29) is 12.5 Å². The highest BCUT2D eigenvalue weighted by Gasteiger charge is 1.96. The number of nitrogens with zero attached hydrogens (tertiary/aromatic N) is 1. The van der Waals surface area contributed by atoms with Crippen LogP contribution >= 0.6 is 0 Å². The van der Waals surface area contributed by atoms with Crippen LogP contribution in [0.3, 0.4) is 0 Å². The largest absolute Gasteiger partial charge is 0.370 e. The van der Waals surface area contributed by atoms with Crippen molar-refractivity contribution in [2.24, 2.45) is 5.73 Å². The molecular weight excluding hydrogens is 164 g/mol. The third-order valence-corrected chi connectivity index (χ3v) is 1.26. The van der Waals surface area contributed by atoms with Crippen molar-refractivity contribution < 1.29 is 14.7 Å². The molecule has 0 spiro atoms. The zero-order valence-electron chi connectivity index (χ0n) is 6.69. The molecule has 2 N–H and O–H groups in total. The number of nitrogens with two attached hydrogens (primary N) is 1. The van der Waals surface area contributed by atoms with Gasteiger partial charge in [0.05, 0.1) is 6.61 Å². The number of hydrogen-bond donors (Lipinski definition) is 1. The maximum Gasteiger partial charge on any atom is 0.294 e. The Labute approximate surface area is 69.8 Å². The van der Waals surface area contributed by atoms with E-state index in [9.17, 15) is 14.9 Å². The second-order valence-corrected chi connectivity index (χ2v) is 2.33. The van der Waals surface area contributed by atoms with Crippen LogP contribution in [-0.2, 0) is 9.63 Å². The molecule has 0 aliphatic heterocycles. The van der Waals surface area contributed by atoms with Crippen molar-refractivity contribution in [1.29, 1.82) is 0 Å². The number of hydrogen-bond acceptors (Lipinski definition) is 4. The summed E-state index contributed by atoms with van der Waals surface area (Å²) in [6.07, 6.45) is 2.29. The highest BCUT2D eigenvalue weighted by atomic mass is 16.9. The minimum Gasteiger partial charge on any atom is -0.370 e. The van der Waals surface area contributed by atoms with Gasteiger partial charge in [0.25, 0.3) is 5.09 Å². The Bertz CT molecular complexity index is 142. The molecule has 0 saturated heterocycles. The van der Waals surface area contributed by atoms with Crippen LogP contribution in [0.25, 0.3) is 0 Å². The number of carbonyl (C=O) groups excluding carboxylic acids is 1. The summed E-state index contributed by atoms with van der Waals surface area (Å²) in [7, 11) is 0. The highest BCUT2D eigenvalue weighted by molar-refractivity contribution is 5.73. The average Bonchev–Trinajstić information content (AvgIpc) is 1.95. The fraction of sp³-hybridized carbons (Fsp3) is 0.833. The molecule has 0 aliphatic carbocycles. The topological polar surface area (TPSA) is 95.5 Å². The standard InChI is InChI=1S/C6H12N2O4/c7-6(9)4-2-1-3-5-12-8(10)11/h1-5H2,(H2,7,9). The molecule has 70 valence electrons. The Morgan fingerprint density at radius 3 is 2.58 bits per heavy atom. The molecule has 0 rings (SSSR count). The van der Waals surface area contributed by atoms with E-state index in [2.05, 4.69) is 4.84 Å². The fourth-order valence-electron chi connectivity index (χ4n) is 0.717. The van der Waals surface area contributed by atoms with Gasteiger partial charge in [-0.3, -0.25) is 4.79 Å². The molecule has 6 nitrogen and oxygen atoms in total. The predicted molar refractivity (Wildman–Crippen MR) is 40.6 cm³/mol. The lowest BCUT2D eigenvalue weighted by atomic mass is 10.2. The van der Waals surface area contributed by atoms with Crippen molar-refractivity contribution in [2.75, 3.05) is 6.61 Å². The van der Waals surface area contributed by atoms with Gasteiger partial charge in [-0.15, -0.1) is 10.1 Å². The molecular formula is C6H12N2O4. The van der Waals surface area contributed by atoms with Gasteiger partial charge in [-0.05, 0) is 12.8 Å². The van der Waals surface area contributed by atoms with E-state index >= 15 is 0 Å². The molecule has 0 aliphatic rings. The highest BCUT2D eigenvalue weighted by Crippen LogP contribution is 1.98. The van der Waals surface area contributed by atoms with Crippen LogP contribution in [0, 0.1) is 10.1 Å². The van der Waals surface area contributed by atoms with E-state index in [0.717, 1.165) is 6.42 Å². The Morgan fingerprint density at radius 1 is 1.42 bits per heavy atom. The van der Waals surface area contributed by atoms with Gasteiger partial charge in [-0.1, -0.05) is 6.42 Å². The minimum atomic E-state index is -0.825. The van der Waals surface area contributed by atoms with E-state index in [1.165, 1.54) is 0 Å². The molecule has 0 fully saturated rings. The maximum absolute atomic E-state index is 10.2. The van der Waals surface area contributed by atoms with Crippen LogP contribution < -0.4 is 5.73 Å². The smallest absolute Gasteiger partial charge is 0.294 e. The van der Waals surface area contributed by atoms with Crippen molar-refractivity contribution in [2.45, 2.75) is 25.7 Å². The van der Waals surface area contributed by atoms with Gasteiger partial charge in [0.2, 0.25) is 5.91 Å². The van der Waals surface area contributed by atoms with Crippen LogP contribution in [-0.4, -0.2) is 17.6 Å². The summed E-state index contributed by atoms with van der Waals surface area (Å²) >= 11 is 0. The molecule has 12 heavy (non-hydrogen) atoms. The molecule has 6 heteroatoms. The monoisotopic (exact) mass is 176 g/mol. The SMILES string of the molecule is NC(=O)CCCCCO[N+](=O)[O-]. The Hall–Kier alpha value is -1.33. The summed E-state index contributed by atoms with van der Waals surface area (Å²) in [6, 6.07) is 0. The van der Waals surface area contributed by atoms with Gasteiger partial charge in [0.15, 0.2) is 0 Å². The van der Waals surface area contributed by atoms with Gasteiger partial charge in [0, 0.05) is 6.42 Å². The molecule has 0 aromatic carbocycles. The zero-order chi connectivity index (χ0) is 9.40. The first-order valence-electron chi connectivity index (χ1n) is 3.68. The van der Waals surface area contributed by atoms with Gasteiger partial charge in [0.1, 0.15) is 0 Å². The van der Waals surface area contributed by atoms with Crippen molar-refractivity contribution in [1.82, 2.24) is 0 Å². The molecule has 0 bridgehead atoms. The molecule has 0 aromatic heterocycles. The summed E-state index contributed by atoms with van der Waals surface area (Å²) in [5, 5.41) is 8.82. The van der Waals surface area contributed by atoms with E-state index in [1.54, 1.807) is 0 Å². The molecule has 0 aromatic rings. The number of amides is 1. The summed E-state index contributed by atoms with van der Waals surface area (Å²) in [5.41, 5.74) is 4.88. The number of rotatable bonds is 7. The van der Waals surface area contributed by atoms with Crippen molar-refractivity contribution >= 4 is 5.91 Å². The lowest BCUT2D eigenvalue weighted by Crippen LogP contribution is -2.09. The second kappa shape index (κ2) is 6.38. The zero-order valence-corrected chi connectivity index (χ0v) is 6.69. The van der Waals surface area contributed by atoms with E-state index in [0.29, 0.717) is 19.3 Å². The van der Waals surface area contributed by atoms with Gasteiger partial charge in [-0.2, -0.15) is 0 Å². The Morgan fingerprint density at radius 2 is 2.08 bits per heavy atom. The summed E-state index contributed by atoms with van der Waals surface area (Å²) in [6.45, 7) is 0.0890. The minimum absolute atomic E-state index is 0.0890. The molecule has 0 atom stereocenters. The fourth-order valence-corrected chi connectivity index (χ4v) is 0.717. The van der Waals surface area contributed by atoms with Crippen LogP contribution in [0.4, 0.5) is 0 Å². The van der Waals surface area contributed by atoms with Crippen LogP contribution in [0.15, 0.2) is 0 Å². The van der Waals surface area contributed by atoms with Gasteiger partial charge < -0.3 is 10.6 Å². The van der Waals surface area contributed by atoms with Gasteiger partial charge >= 0.3 is 0 Å². The van der Waals surface area contributed by atoms with Crippen LogP contribution in [0.5, 0.6) is 0 Å². The Kier molecular flexibility index (Phi) is 5.68. The average molecular weight is 176 g/mol. The number of carbonyl (C=O) groups is 1.